The SMILES string of the molecule is COCCNCc1cccc(Cl)c1N(C)c1ccccc1. The van der Waals surface area contributed by atoms with Crippen molar-refractivity contribution in [2.24, 2.45) is 0 Å². The standard InChI is InChI=1S/C17H21ClN2O/c1-20(15-8-4-3-5-9-15)17-14(7-6-10-16(17)18)13-19-11-12-21-2/h3-10,19H,11-13H2,1-2H3. The Morgan fingerprint density at radius 1 is 1.10 bits per heavy atom. The summed E-state index contributed by atoms with van der Waals surface area (Å²) in [6.45, 7) is 2.28. The summed E-state index contributed by atoms with van der Waals surface area (Å²) >= 11 is 6.42. The van der Waals surface area contributed by atoms with Gasteiger partial charge in [0.15, 0.2) is 0 Å². The number of para-hydroxylation sites is 2. The van der Waals surface area contributed by atoms with E-state index in [2.05, 4.69) is 28.4 Å². The van der Waals surface area contributed by atoms with Crippen LogP contribution in [-0.4, -0.2) is 27.3 Å². The molecule has 4 heteroatoms. The highest BCUT2D eigenvalue weighted by molar-refractivity contribution is 6.33. The zero-order valence-corrected chi connectivity index (χ0v) is 13.2. The molecule has 2 rings (SSSR count). The largest absolute Gasteiger partial charge is 0.383 e. The molecule has 0 bridgehead atoms. The maximum atomic E-state index is 6.42. The second kappa shape index (κ2) is 8.03. The fourth-order valence-electron chi connectivity index (χ4n) is 2.26. The Morgan fingerprint density at radius 2 is 1.86 bits per heavy atom. The van der Waals surface area contributed by atoms with E-state index in [1.165, 1.54) is 5.56 Å². The Hall–Kier alpha value is -1.55. The van der Waals surface area contributed by atoms with Gasteiger partial charge in [-0.05, 0) is 23.8 Å². The van der Waals surface area contributed by atoms with Crippen LogP contribution in [0.1, 0.15) is 5.56 Å². The first-order valence-electron chi connectivity index (χ1n) is 7.00. The molecule has 0 aliphatic carbocycles. The summed E-state index contributed by atoms with van der Waals surface area (Å²) in [6.07, 6.45) is 0. The van der Waals surface area contributed by atoms with Gasteiger partial charge in [-0.1, -0.05) is 41.9 Å². The van der Waals surface area contributed by atoms with Crippen LogP contribution in [0.5, 0.6) is 0 Å². The van der Waals surface area contributed by atoms with Crippen LogP contribution in [0.15, 0.2) is 48.5 Å². The average molecular weight is 305 g/mol. The van der Waals surface area contributed by atoms with Gasteiger partial charge in [0, 0.05) is 32.9 Å². The number of benzene rings is 2. The van der Waals surface area contributed by atoms with E-state index >= 15 is 0 Å². The number of hydrogen-bond donors (Lipinski definition) is 1. The molecule has 1 N–H and O–H groups in total. The number of rotatable bonds is 7. The van der Waals surface area contributed by atoms with Crippen LogP contribution in [-0.2, 0) is 11.3 Å². The summed E-state index contributed by atoms with van der Waals surface area (Å²) in [6, 6.07) is 16.2. The Morgan fingerprint density at radius 3 is 2.57 bits per heavy atom. The van der Waals surface area contributed by atoms with Gasteiger partial charge in [0.25, 0.3) is 0 Å². The van der Waals surface area contributed by atoms with Gasteiger partial charge >= 0.3 is 0 Å². The summed E-state index contributed by atoms with van der Waals surface area (Å²) in [4.78, 5) is 2.12. The van der Waals surface area contributed by atoms with Crippen molar-refractivity contribution < 1.29 is 4.74 Å². The van der Waals surface area contributed by atoms with Crippen molar-refractivity contribution in [1.29, 1.82) is 0 Å². The molecule has 0 fully saturated rings. The minimum Gasteiger partial charge on any atom is -0.383 e. The predicted molar refractivity (Wildman–Crippen MR) is 89.5 cm³/mol. The summed E-state index contributed by atoms with van der Waals surface area (Å²) in [7, 11) is 3.74. The predicted octanol–water partition coefficient (Wildman–Crippen LogP) is 3.84. The van der Waals surface area contributed by atoms with Crippen LogP contribution in [0.3, 0.4) is 0 Å². The lowest BCUT2D eigenvalue weighted by Crippen LogP contribution is -2.21. The minimum atomic E-state index is 0.699. The van der Waals surface area contributed by atoms with Crippen molar-refractivity contribution in [3.8, 4) is 0 Å². The van der Waals surface area contributed by atoms with Gasteiger partial charge in [-0.25, -0.2) is 0 Å². The summed E-state index contributed by atoms with van der Waals surface area (Å²) in [5.41, 5.74) is 3.32. The highest BCUT2D eigenvalue weighted by Gasteiger charge is 2.12. The molecular formula is C17H21ClN2O. The second-order valence-electron chi connectivity index (χ2n) is 4.81. The van der Waals surface area contributed by atoms with Crippen LogP contribution < -0.4 is 10.2 Å². The third-order valence-corrected chi connectivity index (χ3v) is 3.65. The van der Waals surface area contributed by atoms with Gasteiger partial charge in [-0.2, -0.15) is 0 Å². The molecule has 3 nitrogen and oxygen atoms in total. The highest BCUT2D eigenvalue weighted by Crippen LogP contribution is 2.33. The number of hydrogen-bond acceptors (Lipinski definition) is 3. The number of anilines is 2. The summed E-state index contributed by atoms with van der Waals surface area (Å²) < 4.78 is 5.05. The van der Waals surface area contributed by atoms with Crippen LogP contribution in [0.25, 0.3) is 0 Å². The van der Waals surface area contributed by atoms with E-state index in [0.717, 1.165) is 29.5 Å². The first-order chi connectivity index (χ1) is 10.2. The number of nitrogens with one attached hydrogen (secondary N) is 1. The van der Waals surface area contributed by atoms with E-state index in [-0.39, 0.29) is 0 Å². The first kappa shape index (κ1) is 15.8. The monoisotopic (exact) mass is 304 g/mol. The van der Waals surface area contributed by atoms with Crippen molar-refractivity contribution in [3.05, 3.63) is 59.1 Å². The van der Waals surface area contributed by atoms with Crippen molar-refractivity contribution in [3.63, 3.8) is 0 Å². The Labute approximate surface area is 131 Å². The van der Waals surface area contributed by atoms with Gasteiger partial charge in [0.2, 0.25) is 0 Å². The first-order valence-corrected chi connectivity index (χ1v) is 7.37. The molecule has 2 aromatic rings. The van der Waals surface area contributed by atoms with Crippen molar-refractivity contribution in [2.75, 3.05) is 32.2 Å². The Kier molecular flexibility index (Phi) is 6.05. The van der Waals surface area contributed by atoms with Crippen LogP contribution >= 0.6 is 11.6 Å². The Balaban J connectivity index is 2.21. The number of halogens is 1. The second-order valence-corrected chi connectivity index (χ2v) is 5.22. The lowest BCUT2D eigenvalue weighted by atomic mass is 10.1. The van der Waals surface area contributed by atoms with Gasteiger partial charge in [-0.3, -0.25) is 0 Å². The van der Waals surface area contributed by atoms with Crippen molar-refractivity contribution in [2.45, 2.75) is 6.54 Å². The van der Waals surface area contributed by atoms with E-state index in [0.29, 0.717) is 6.61 Å². The third kappa shape index (κ3) is 4.21. The fourth-order valence-corrected chi connectivity index (χ4v) is 2.58. The molecule has 0 heterocycles. The molecule has 0 saturated carbocycles. The van der Waals surface area contributed by atoms with Gasteiger partial charge in [-0.15, -0.1) is 0 Å². The molecule has 0 spiro atoms. The lowest BCUT2D eigenvalue weighted by Gasteiger charge is -2.24. The number of methoxy groups -OCH3 is 1. The van der Waals surface area contributed by atoms with Crippen LogP contribution in [0.2, 0.25) is 5.02 Å². The molecule has 112 valence electrons. The molecule has 2 aromatic carbocycles. The average Bonchev–Trinajstić information content (AvgIpc) is 2.52. The van der Waals surface area contributed by atoms with E-state index in [1.807, 2.05) is 37.4 Å². The van der Waals surface area contributed by atoms with Crippen molar-refractivity contribution in [1.82, 2.24) is 5.32 Å². The molecule has 0 atom stereocenters. The smallest absolute Gasteiger partial charge is 0.0646 e. The summed E-state index contributed by atoms with van der Waals surface area (Å²) in [5, 5.41) is 4.12. The molecule has 21 heavy (non-hydrogen) atoms. The van der Waals surface area contributed by atoms with Gasteiger partial charge in [0.05, 0.1) is 17.3 Å². The van der Waals surface area contributed by atoms with E-state index < -0.39 is 0 Å². The molecule has 0 radical (unpaired) electrons. The number of ether oxygens (including phenoxy) is 1. The van der Waals surface area contributed by atoms with Gasteiger partial charge < -0.3 is 15.0 Å². The Bertz CT molecular complexity index is 560. The molecular weight excluding hydrogens is 284 g/mol. The summed E-state index contributed by atoms with van der Waals surface area (Å²) in [5.74, 6) is 0. The van der Waals surface area contributed by atoms with Crippen LogP contribution in [0, 0.1) is 0 Å². The normalized spacial score (nSPS) is 10.6. The van der Waals surface area contributed by atoms with Crippen molar-refractivity contribution >= 4 is 23.0 Å². The van der Waals surface area contributed by atoms with E-state index in [4.69, 9.17) is 16.3 Å². The maximum absolute atomic E-state index is 6.42. The highest BCUT2D eigenvalue weighted by atomic mass is 35.5. The van der Waals surface area contributed by atoms with E-state index in [9.17, 15) is 0 Å². The maximum Gasteiger partial charge on any atom is 0.0646 e. The molecule has 0 unspecified atom stereocenters. The lowest BCUT2D eigenvalue weighted by molar-refractivity contribution is 0.199. The van der Waals surface area contributed by atoms with E-state index in [1.54, 1.807) is 7.11 Å². The minimum absolute atomic E-state index is 0.699. The molecule has 0 saturated heterocycles. The molecule has 0 aromatic heterocycles. The molecule has 0 aliphatic rings. The zero-order valence-electron chi connectivity index (χ0n) is 12.5. The zero-order chi connectivity index (χ0) is 15.1. The van der Waals surface area contributed by atoms with Crippen LogP contribution in [0.4, 0.5) is 11.4 Å². The van der Waals surface area contributed by atoms with Gasteiger partial charge in [0.1, 0.15) is 0 Å². The third-order valence-electron chi connectivity index (χ3n) is 3.35. The topological polar surface area (TPSA) is 24.5 Å². The number of nitrogens with zero attached hydrogens (tertiary/aromatic N) is 1. The fraction of sp³-hybridized carbons (Fsp3) is 0.294. The molecule has 0 aliphatic heterocycles. The quantitative estimate of drug-likeness (QED) is 0.787. The molecule has 0 amide bonds.